The SMILES string of the molecule is CP(#N)S. The van der Waals surface area contributed by atoms with Crippen LogP contribution in [0.1, 0.15) is 0 Å². The zero-order chi connectivity index (χ0) is 3.58. The summed E-state index contributed by atoms with van der Waals surface area (Å²) in [6, 6.07) is 0. The minimum Gasteiger partial charge on any atom is -0.234 e. The molecule has 0 aliphatic rings. The average molecular weight is 93.1 g/mol. The van der Waals surface area contributed by atoms with Crippen molar-refractivity contribution in [2.75, 3.05) is 6.66 Å². The lowest BCUT2D eigenvalue weighted by molar-refractivity contribution is 1.65. The van der Waals surface area contributed by atoms with E-state index in [0.29, 0.717) is 0 Å². The van der Waals surface area contributed by atoms with E-state index in [1.807, 2.05) is 0 Å². The summed E-state index contributed by atoms with van der Waals surface area (Å²) in [6.45, 7) is 0.725. The van der Waals surface area contributed by atoms with Crippen LogP contribution in [0.15, 0.2) is 0 Å². The molecule has 0 amide bonds. The topological polar surface area (TPSA) is 23.8 Å². The molecule has 0 rings (SSSR count). The van der Waals surface area contributed by atoms with E-state index in [2.05, 4.69) is 12.2 Å². The molecule has 1 atom stereocenters. The maximum absolute atomic E-state index is 7.98. The highest BCUT2D eigenvalue weighted by molar-refractivity contribution is 8.39. The second-order valence-corrected chi connectivity index (χ2v) is 3.20. The minimum atomic E-state index is -0.926. The van der Waals surface area contributed by atoms with Crippen LogP contribution in [0.2, 0.25) is 0 Å². The van der Waals surface area contributed by atoms with Crippen molar-refractivity contribution in [2.45, 2.75) is 0 Å². The smallest absolute Gasteiger partial charge is 0.0974 e. The Balaban J connectivity index is 3.02. The van der Waals surface area contributed by atoms with Crippen LogP contribution in [0.3, 0.4) is 0 Å². The van der Waals surface area contributed by atoms with Crippen LogP contribution in [0.4, 0.5) is 0 Å². The normalized spacial score (nSPS) is 10.8. The lowest BCUT2D eigenvalue weighted by atomic mass is 12.0. The largest absolute Gasteiger partial charge is 0.234 e. The van der Waals surface area contributed by atoms with Crippen molar-refractivity contribution in [2.24, 2.45) is 0 Å². The lowest BCUT2D eigenvalue weighted by Gasteiger charge is -1.52. The van der Waals surface area contributed by atoms with Gasteiger partial charge in [-0.3, -0.25) is 0 Å². The third-order valence-electron chi connectivity index (χ3n) is 0. The number of nitrogens with zero attached hydrogens (tertiary/aromatic N) is 1. The van der Waals surface area contributed by atoms with Crippen molar-refractivity contribution in [1.82, 2.24) is 0 Å². The van der Waals surface area contributed by atoms with Gasteiger partial charge in [0.05, 0.1) is 6.76 Å². The van der Waals surface area contributed by atoms with Crippen molar-refractivity contribution < 1.29 is 0 Å². The van der Waals surface area contributed by atoms with Gasteiger partial charge in [0.15, 0.2) is 0 Å². The summed E-state index contributed by atoms with van der Waals surface area (Å²) in [5.74, 6) is 0. The monoisotopic (exact) mass is 93.0 g/mol. The van der Waals surface area contributed by atoms with Crippen LogP contribution in [0.5, 0.6) is 0 Å². The molecule has 4 heavy (non-hydrogen) atoms. The molecule has 0 saturated carbocycles. The Morgan fingerprint density at radius 2 is 2.00 bits per heavy atom. The quantitative estimate of drug-likeness (QED) is 0.355. The first kappa shape index (κ1) is 4.36. The van der Waals surface area contributed by atoms with Gasteiger partial charge in [0.2, 0.25) is 0 Å². The Morgan fingerprint density at radius 3 is 2.00 bits per heavy atom. The van der Waals surface area contributed by atoms with E-state index in [0.717, 1.165) is 0 Å². The molecule has 0 saturated heterocycles. The Bertz CT molecular complexity index is 54.2. The summed E-state index contributed by atoms with van der Waals surface area (Å²) in [5, 5.41) is 7.98. The molecule has 0 aliphatic heterocycles. The van der Waals surface area contributed by atoms with Crippen molar-refractivity contribution >= 4 is 19.0 Å². The third-order valence-corrected chi connectivity index (χ3v) is 0. The van der Waals surface area contributed by atoms with Crippen LogP contribution in [0, 0.1) is 5.00 Å². The zero-order valence-corrected chi connectivity index (χ0v) is 4.13. The van der Waals surface area contributed by atoms with Crippen molar-refractivity contribution in [3.63, 3.8) is 0 Å². The highest BCUT2D eigenvalue weighted by atomic mass is 32.7. The lowest BCUT2D eigenvalue weighted by Crippen LogP contribution is -1.11. The summed E-state index contributed by atoms with van der Waals surface area (Å²) in [7, 11) is 0. The summed E-state index contributed by atoms with van der Waals surface area (Å²) in [5.41, 5.74) is 0. The Labute approximate surface area is 31.5 Å². The molecule has 0 aromatic rings. The predicted octanol–water partition coefficient (Wildman–Crippen LogP) is 1.42. The first-order valence-electron chi connectivity index (χ1n) is 0.847. The first-order chi connectivity index (χ1) is 1.73. The fourth-order valence-corrected chi connectivity index (χ4v) is 0. The molecule has 0 heterocycles. The average Bonchev–Trinajstić information content (AvgIpc) is 0.811. The molecule has 0 fully saturated rings. The van der Waals surface area contributed by atoms with Gasteiger partial charge in [-0.2, -0.15) is 0 Å². The molecule has 0 aromatic heterocycles. The third kappa shape index (κ3) is 33.7. The van der Waals surface area contributed by atoms with Crippen LogP contribution in [-0.2, 0) is 0 Å². The Hall–Kier alpha value is 0.360. The van der Waals surface area contributed by atoms with E-state index < -0.39 is 6.76 Å². The zero-order valence-electron chi connectivity index (χ0n) is 2.34. The highest BCUT2D eigenvalue weighted by Crippen LogP contribution is 2.13. The maximum atomic E-state index is 7.98. The van der Waals surface area contributed by atoms with Crippen LogP contribution < -0.4 is 0 Å². The van der Waals surface area contributed by atoms with Gasteiger partial charge in [-0.1, -0.05) is 12.2 Å². The summed E-state index contributed by atoms with van der Waals surface area (Å²) >= 11 is 3.59. The number of thiol groups is 1. The second-order valence-electron chi connectivity index (χ2n) is 0.489. The Kier molecular flexibility index (Phi) is 1.81. The second kappa shape index (κ2) is 1.66. The van der Waals surface area contributed by atoms with Gasteiger partial charge in [-0.15, -0.1) is 0 Å². The molecule has 0 N–H and O–H groups in total. The minimum absolute atomic E-state index is 0.926. The number of hydrogen-bond donors (Lipinski definition) is 1. The molecule has 0 spiro atoms. The standard InChI is InChI=1S/CH4NPS/c1-3(2)4/h4H,1H3. The Morgan fingerprint density at radius 1 is 2.00 bits per heavy atom. The van der Waals surface area contributed by atoms with Crippen molar-refractivity contribution in [3.05, 3.63) is 0 Å². The van der Waals surface area contributed by atoms with Crippen LogP contribution >= 0.6 is 19.0 Å². The fourth-order valence-electron chi connectivity index (χ4n) is 0. The predicted molar refractivity (Wildman–Crippen MR) is 23.6 cm³/mol. The van der Waals surface area contributed by atoms with Gasteiger partial charge in [0, 0.05) is 6.66 Å². The molecule has 0 radical (unpaired) electrons. The van der Waals surface area contributed by atoms with E-state index in [4.69, 9.17) is 5.00 Å². The van der Waals surface area contributed by atoms with Gasteiger partial charge in [0.1, 0.15) is 0 Å². The maximum Gasteiger partial charge on any atom is 0.0974 e. The van der Waals surface area contributed by atoms with Crippen molar-refractivity contribution in [3.8, 4) is 0 Å². The van der Waals surface area contributed by atoms with Gasteiger partial charge < -0.3 is 0 Å². The van der Waals surface area contributed by atoms with E-state index in [-0.39, 0.29) is 0 Å². The molecule has 3 heteroatoms. The molecular formula is CH4NPS. The fraction of sp³-hybridized carbons (Fsp3) is 1.00. The van der Waals surface area contributed by atoms with E-state index in [1.54, 1.807) is 6.66 Å². The van der Waals surface area contributed by atoms with Crippen LogP contribution in [-0.4, -0.2) is 6.66 Å². The molecule has 1 nitrogen and oxygen atoms in total. The number of rotatable bonds is 0. The van der Waals surface area contributed by atoms with Gasteiger partial charge in [-0.05, 0) is 0 Å². The number of hydrogen-bond acceptors (Lipinski definition) is 2. The molecule has 1 unspecified atom stereocenters. The van der Waals surface area contributed by atoms with E-state index in [1.165, 1.54) is 0 Å². The molecular weight excluding hydrogens is 89.1 g/mol. The van der Waals surface area contributed by atoms with Gasteiger partial charge in [0.25, 0.3) is 0 Å². The van der Waals surface area contributed by atoms with Gasteiger partial charge in [-0.25, -0.2) is 5.00 Å². The summed E-state index contributed by atoms with van der Waals surface area (Å²) in [6.07, 6.45) is 0. The van der Waals surface area contributed by atoms with E-state index >= 15 is 0 Å². The highest BCUT2D eigenvalue weighted by Gasteiger charge is 1.55. The summed E-state index contributed by atoms with van der Waals surface area (Å²) < 4.78 is 0. The van der Waals surface area contributed by atoms with Crippen molar-refractivity contribution in [1.29, 1.82) is 5.00 Å². The molecule has 0 aromatic carbocycles. The summed E-state index contributed by atoms with van der Waals surface area (Å²) in [4.78, 5) is 0. The first-order valence-corrected chi connectivity index (χ1v) is 3.74. The molecule has 0 bridgehead atoms. The molecule has 24 valence electrons. The van der Waals surface area contributed by atoms with Gasteiger partial charge >= 0.3 is 0 Å². The van der Waals surface area contributed by atoms with E-state index in [9.17, 15) is 0 Å². The molecule has 0 aliphatic carbocycles. The van der Waals surface area contributed by atoms with Crippen LogP contribution in [0.25, 0.3) is 0 Å².